The second-order valence-corrected chi connectivity index (χ2v) is 5.55. The number of morpholine rings is 1. The number of carbonyl (C=O) groups is 1. The highest BCUT2D eigenvalue weighted by Crippen LogP contribution is 2.22. The summed E-state index contributed by atoms with van der Waals surface area (Å²) in [6, 6.07) is 3.57. The van der Waals surface area contributed by atoms with Crippen LogP contribution in [0.15, 0.2) is 12.3 Å². The summed E-state index contributed by atoms with van der Waals surface area (Å²) in [7, 11) is 1.61. The topological polar surface area (TPSA) is 78.4 Å². The van der Waals surface area contributed by atoms with E-state index in [1.54, 1.807) is 18.1 Å². The summed E-state index contributed by atoms with van der Waals surface area (Å²) in [6.07, 6.45) is 1.39. The van der Waals surface area contributed by atoms with Gasteiger partial charge in [0.15, 0.2) is 0 Å². The van der Waals surface area contributed by atoms with Crippen molar-refractivity contribution in [3.63, 3.8) is 0 Å². The summed E-state index contributed by atoms with van der Waals surface area (Å²) < 4.78 is 11.0. The molecule has 1 aromatic heterocycles. The van der Waals surface area contributed by atoms with Crippen molar-refractivity contribution in [2.45, 2.75) is 25.6 Å². The number of hydrogen-bond donors (Lipinski definition) is 1. The van der Waals surface area contributed by atoms with Gasteiger partial charge < -0.3 is 19.4 Å². The summed E-state index contributed by atoms with van der Waals surface area (Å²) in [6.45, 7) is 5.33. The number of nitrogens with zero attached hydrogens (tertiary/aromatic N) is 2. The van der Waals surface area contributed by atoms with Crippen LogP contribution >= 0.6 is 0 Å². The number of aromatic amines is 1. The van der Waals surface area contributed by atoms with E-state index >= 15 is 0 Å². The molecule has 0 spiro atoms. The Kier molecular flexibility index (Phi) is 4.12. The van der Waals surface area contributed by atoms with Gasteiger partial charge in [0.1, 0.15) is 11.8 Å². The van der Waals surface area contributed by atoms with E-state index in [9.17, 15) is 4.79 Å². The predicted octanol–water partition coefficient (Wildman–Crippen LogP) is 1.15. The zero-order chi connectivity index (χ0) is 14.8. The standard InChI is InChI=1S/C14H19N3O3/c1-14(2)9-17(7-11(20-14)8-19-3)13(18)12-4-10(5-15)6-16-12/h4,6,11,16H,7-9H2,1-3H3. The van der Waals surface area contributed by atoms with Crippen LogP contribution in [-0.2, 0) is 9.47 Å². The number of nitrogens with one attached hydrogen (secondary N) is 1. The van der Waals surface area contributed by atoms with Gasteiger partial charge in [-0.05, 0) is 19.9 Å². The van der Waals surface area contributed by atoms with Crippen molar-refractivity contribution in [1.82, 2.24) is 9.88 Å². The average Bonchev–Trinajstić information content (AvgIpc) is 2.85. The van der Waals surface area contributed by atoms with Crippen LogP contribution < -0.4 is 0 Å². The van der Waals surface area contributed by atoms with Crippen molar-refractivity contribution >= 4 is 5.91 Å². The second-order valence-electron chi connectivity index (χ2n) is 5.55. The van der Waals surface area contributed by atoms with Crippen LogP contribution in [0, 0.1) is 11.3 Å². The Hall–Kier alpha value is -1.84. The number of aromatic nitrogens is 1. The van der Waals surface area contributed by atoms with Gasteiger partial charge in [0.05, 0.1) is 23.9 Å². The molecule has 1 N–H and O–H groups in total. The minimum atomic E-state index is -0.415. The smallest absolute Gasteiger partial charge is 0.270 e. The number of amides is 1. The molecule has 2 heterocycles. The summed E-state index contributed by atoms with van der Waals surface area (Å²) in [5, 5.41) is 8.81. The third kappa shape index (κ3) is 3.18. The zero-order valence-corrected chi connectivity index (χ0v) is 12.0. The number of carbonyl (C=O) groups excluding carboxylic acids is 1. The Labute approximate surface area is 118 Å². The van der Waals surface area contributed by atoms with Gasteiger partial charge >= 0.3 is 0 Å². The van der Waals surface area contributed by atoms with Crippen LogP contribution in [0.5, 0.6) is 0 Å². The first-order chi connectivity index (χ1) is 9.45. The molecule has 1 saturated heterocycles. The molecular weight excluding hydrogens is 258 g/mol. The molecule has 1 aromatic rings. The zero-order valence-electron chi connectivity index (χ0n) is 12.0. The molecule has 1 amide bonds. The maximum Gasteiger partial charge on any atom is 0.270 e. The number of hydrogen-bond acceptors (Lipinski definition) is 4. The van der Waals surface area contributed by atoms with Crippen molar-refractivity contribution in [2.24, 2.45) is 0 Å². The molecule has 0 saturated carbocycles. The number of nitriles is 1. The molecule has 1 fully saturated rings. The quantitative estimate of drug-likeness (QED) is 0.899. The summed E-state index contributed by atoms with van der Waals surface area (Å²) in [4.78, 5) is 17.0. The van der Waals surface area contributed by atoms with Crippen LogP contribution in [0.25, 0.3) is 0 Å². The molecule has 20 heavy (non-hydrogen) atoms. The fourth-order valence-corrected chi connectivity index (χ4v) is 2.48. The lowest BCUT2D eigenvalue weighted by molar-refractivity contribution is -0.143. The molecule has 0 aromatic carbocycles. The summed E-state index contributed by atoms with van der Waals surface area (Å²) >= 11 is 0. The van der Waals surface area contributed by atoms with Gasteiger partial charge in [-0.25, -0.2) is 0 Å². The Balaban J connectivity index is 2.14. The van der Waals surface area contributed by atoms with Crippen LogP contribution in [0.2, 0.25) is 0 Å². The van der Waals surface area contributed by atoms with E-state index in [1.807, 2.05) is 19.9 Å². The van der Waals surface area contributed by atoms with Crippen LogP contribution in [0.4, 0.5) is 0 Å². The van der Waals surface area contributed by atoms with E-state index in [0.717, 1.165) is 0 Å². The maximum absolute atomic E-state index is 12.5. The highest BCUT2D eigenvalue weighted by Gasteiger charge is 2.36. The van der Waals surface area contributed by atoms with Gasteiger partial charge in [-0.1, -0.05) is 0 Å². The molecule has 1 unspecified atom stereocenters. The van der Waals surface area contributed by atoms with Crippen LogP contribution in [0.1, 0.15) is 29.9 Å². The first kappa shape index (κ1) is 14.6. The Bertz CT molecular complexity index is 530. The molecule has 6 nitrogen and oxygen atoms in total. The molecule has 6 heteroatoms. The number of ether oxygens (including phenoxy) is 2. The SMILES string of the molecule is COCC1CN(C(=O)c2cc(C#N)c[nH]2)CC(C)(C)O1. The number of rotatable bonds is 3. The van der Waals surface area contributed by atoms with Gasteiger partial charge in [0.2, 0.25) is 0 Å². The lowest BCUT2D eigenvalue weighted by Crippen LogP contribution is -2.55. The highest BCUT2D eigenvalue weighted by molar-refractivity contribution is 5.93. The molecule has 2 rings (SSSR count). The van der Waals surface area contributed by atoms with Gasteiger partial charge in [-0.15, -0.1) is 0 Å². The van der Waals surface area contributed by atoms with Gasteiger partial charge in [0, 0.05) is 26.4 Å². The molecular formula is C14H19N3O3. The largest absolute Gasteiger partial charge is 0.382 e. The molecule has 108 valence electrons. The minimum absolute atomic E-state index is 0.121. The van der Waals surface area contributed by atoms with E-state index in [0.29, 0.717) is 31.0 Å². The van der Waals surface area contributed by atoms with Crippen molar-refractivity contribution in [3.8, 4) is 6.07 Å². The van der Waals surface area contributed by atoms with E-state index in [1.165, 1.54) is 6.20 Å². The van der Waals surface area contributed by atoms with Crippen LogP contribution in [0.3, 0.4) is 0 Å². The first-order valence-corrected chi connectivity index (χ1v) is 6.50. The van der Waals surface area contributed by atoms with Crippen LogP contribution in [-0.4, -0.2) is 54.3 Å². The van der Waals surface area contributed by atoms with Gasteiger partial charge in [0.25, 0.3) is 5.91 Å². The minimum Gasteiger partial charge on any atom is -0.382 e. The molecule has 0 aliphatic carbocycles. The summed E-state index contributed by atoms with van der Waals surface area (Å²) in [5.74, 6) is -0.121. The normalized spacial score (nSPS) is 21.5. The van der Waals surface area contributed by atoms with Gasteiger partial charge in [-0.3, -0.25) is 4.79 Å². The Morgan fingerprint density at radius 1 is 1.70 bits per heavy atom. The summed E-state index contributed by atoms with van der Waals surface area (Å²) in [5.41, 5.74) is 0.464. The lowest BCUT2D eigenvalue weighted by atomic mass is 10.0. The van der Waals surface area contributed by atoms with E-state index in [-0.39, 0.29) is 12.0 Å². The van der Waals surface area contributed by atoms with E-state index < -0.39 is 5.60 Å². The van der Waals surface area contributed by atoms with Crippen molar-refractivity contribution in [2.75, 3.05) is 26.8 Å². The molecule has 1 aliphatic rings. The van der Waals surface area contributed by atoms with Crippen molar-refractivity contribution in [3.05, 3.63) is 23.5 Å². The Morgan fingerprint density at radius 3 is 3.05 bits per heavy atom. The predicted molar refractivity (Wildman–Crippen MR) is 72.2 cm³/mol. The second kappa shape index (κ2) is 5.65. The monoisotopic (exact) mass is 277 g/mol. The number of H-pyrrole nitrogens is 1. The molecule has 0 radical (unpaired) electrons. The average molecular weight is 277 g/mol. The van der Waals surface area contributed by atoms with E-state index in [2.05, 4.69) is 4.98 Å². The third-order valence-electron chi connectivity index (χ3n) is 3.16. The molecule has 0 bridgehead atoms. The fraction of sp³-hybridized carbons (Fsp3) is 0.571. The van der Waals surface area contributed by atoms with E-state index in [4.69, 9.17) is 14.7 Å². The molecule has 1 aliphatic heterocycles. The lowest BCUT2D eigenvalue weighted by Gasteiger charge is -2.42. The first-order valence-electron chi connectivity index (χ1n) is 6.50. The molecule has 1 atom stereocenters. The highest BCUT2D eigenvalue weighted by atomic mass is 16.5. The number of methoxy groups -OCH3 is 1. The van der Waals surface area contributed by atoms with Crippen molar-refractivity contribution in [1.29, 1.82) is 5.26 Å². The fourth-order valence-electron chi connectivity index (χ4n) is 2.48. The third-order valence-corrected chi connectivity index (χ3v) is 3.16. The Morgan fingerprint density at radius 2 is 2.45 bits per heavy atom. The van der Waals surface area contributed by atoms with Gasteiger partial charge in [-0.2, -0.15) is 5.26 Å². The maximum atomic E-state index is 12.5. The van der Waals surface area contributed by atoms with Crippen molar-refractivity contribution < 1.29 is 14.3 Å².